The molecular formula is C15H17NO3. The fourth-order valence-electron chi connectivity index (χ4n) is 1.72. The Bertz CT molecular complexity index is 539. The molecule has 0 fully saturated rings. The van der Waals surface area contributed by atoms with Gasteiger partial charge in [-0.3, -0.25) is 0 Å². The molecule has 1 aromatic carbocycles. The number of nitriles is 1. The lowest BCUT2D eigenvalue weighted by molar-refractivity contribution is -0.134. The van der Waals surface area contributed by atoms with Crippen LogP contribution in [0.3, 0.4) is 0 Å². The van der Waals surface area contributed by atoms with Crippen LogP contribution in [0.15, 0.2) is 24.3 Å². The van der Waals surface area contributed by atoms with Crippen LogP contribution in [0.4, 0.5) is 0 Å². The van der Waals surface area contributed by atoms with Crippen molar-refractivity contribution in [2.45, 2.75) is 25.7 Å². The molecule has 4 heteroatoms. The van der Waals surface area contributed by atoms with Gasteiger partial charge in [-0.2, -0.15) is 5.26 Å². The predicted molar refractivity (Wildman–Crippen MR) is 72.4 cm³/mol. The Morgan fingerprint density at radius 1 is 1.53 bits per heavy atom. The van der Waals surface area contributed by atoms with Gasteiger partial charge in [-0.1, -0.05) is 19.9 Å². The normalized spacial score (nSPS) is 11.3. The van der Waals surface area contributed by atoms with Gasteiger partial charge in [0, 0.05) is 23.5 Å². The summed E-state index contributed by atoms with van der Waals surface area (Å²) < 4.78 is 4.51. The molecule has 4 nitrogen and oxygen atoms in total. The summed E-state index contributed by atoms with van der Waals surface area (Å²) in [4.78, 5) is 11.0. The zero-order valence-electron chi connectivity index (χ0n) is 11.3. The number of phenols is 1. The van der Waals surface area contributed by atoms with Crippen molar-refractivity contribution in [1.29, 1.82) is 5.26 Å². The summed E-state index contributed by atoms with van der Waals surface area (Å²) in [6.07, 6.45) is 3.22. The maximum absolute atomic E-state index is 11.0. The van der Waals surface area contributed by atoms with Crippen molar-refractivity contribution in [2.75, 3.05) is 7.11 Å². The van der Waals surface area contributed by atoms with Crippen LogP contribution < -0.4 is 0 Å². The smallest absolute Gasteiger partial charge is 0.330 e. The summed E-state index contributed by atoms with van der Waals surface area (Å²) in [6, 6.07) is 7.14. The second-order valence-corrected chi connectivity index (χ2v) is 4.85. The van der Waals surface area contributed by atoms with E-state index in [-0.39, 0.29) is 5.75 Å². The van der Waals surface area contributed by atoms with Gasteiger partial charge in [-0.05, 0) is 23.8 Å². The van der Waals surface area contributed by atoms with Crippen LogP contribution in [0.25, 0.3) is 6.08 Å². The quantitative estimate of drug-likeness (QED) is 0.666. The predicted octanol–water partition coefficient (Wildman–Crippen LogP) is 2.77. The number of esters is 1. The molecule has 0 radical (unpaired) electrons. The summed E-state index contributed by atoms with van der Waals surface area (Å²) in [5, 5.41) is 18.7. The van der Waals surface area contributed by atoms with Crippen molar-refractivity contribution in [3.05, 3.63) is 35.4 Å². The topological polar surface area (TPSA) is 70.3 Å². The molecule has 1 aromatic rings. The van der Waals surface area contributed by atoms with Crippen molar-refractivity contribution in [1.82, 2.24) is 0 Å². The third kappa shape index (κ3) is 3.85. The summed E-state index contributed by atoms with van der Waals surface area (Å²) in [7, 11) is 1.31. The average Bonchev–Trinajstić information content (AvgIpc) is 2.37. The van der Waals surface area contributed by atoms with E-state index in [1.54, 1.807) is 24.3 Å². The van der Waals surface area contributed by atoms with Crippen LogP contribution in [-0.4, -0.2) is 18.2 Å². The van der Waals surface area contributed by atoms with Crippen LogP contribution in [0.2, 0.25) is 0 Å². The van der Waals surface area contributed by atoms with E-state index < -0.39 is 11.4 Å². The van der Waals surface area contributed by atoms with Gasteiger partial charge < -0.3 is 9.84 Å². The molecule has 0 amide bonds. The fourth-order valence-corrected chi connectivity index (χ4v) is 1.72. The van der Waals surface area contributed by atoms with Crippen molar-refractivity contribution >= 4 is 12.0 Å². The van der Waals surface area contributed by atoms with Gasteiger partial charge in [-0.15, -0.1) is 0 Å². The second-order valence-electron chi connectivity index (χ2n) is 4.85. The molecule has 0 bridgehead atoms. The Labute approximate surface area is 112 Å². The Morgan fingerprint density at radius 2 is 2.21 bits per heavy atom. The highest BCUT2D eigenvalue weighted by Crippen LogP contribution is 2.34. The van der Waals surface area contributed by atoms with E-state index >= 15 is 0 Å². The van der Waals surface area contributed by atoms with Gasteiger partial charge >= 0.3 is 5.97 Å². The van der Waals surface area contributed by atoms with Crippen molar-refractivity contribution in [3.8, 4) is 11.8 Å². The minimum atomic E-state index is -0.450. The summed E-state index contributed by atoms with van der Waals surface area (Å²) in [5.74, 6) is -0.290. The molecule has 0 aliphatic heterocycles. The highest BCUT2D eigenvalue weighted by atomic mass is 16.5. The SMILES string of the molecule is COC(=O)/C=C/c1ccc(O)c(C(C)(C)CC#N)c1. The van der Waals surface area contributed by atoms with Crippen molar-refractivity contribution in [2.24, 2.45) is 0 Å². The first-order chi connectivity index (χ1) is 8.90. The molecule has 100 valence electrons. The van der Waals surface area contributed by atoms with Gasteiger partial charge in [0.15, 0.2) is 0 Å². The van der Waals surface area contributed by atoms with E-state index in [4.69, 9.17) is 5.26 Å². The van der Waals surface area contributed by atoms with E-state index in [1.165, 1.54) is 13.2 Å². The summed E-state index contributed by atoms with van der Waals surface area (Å²) in [5.41, 5.74) is 0.999. The molecule has 0 heterocycles. The van der Waals surface area contributed by atoms with Crippen LogP contribution in [0.5, 0.6) is 5.75 Å². The largest absolute Gasteiger partial charge is 0.508 e. The Balaban J connectivity index is 3.11. The number of hydrogen-bond acceptors (Lipinski definition) is 4. The van der Waals surface area contributed by atoms with Gasteiger partial charge in [-0.25, -0.2) is 4.79 Å². The lowest BCUT2D eigenvalue weighted by atomic mass is 9.81. The average molecular weight is 259 g/mol. The number of nitrogens with zero attached hydrogens (tertiary/aromatic N) is 1. The van der Waals surface area contributed by atoms with E-state index in [9.17, 15) is 9.90 Å². The molecule has 1 N–H and O–H groups in total. The van der Waals surface area contributed by atoms with Crippen molar-refractivity contribution < 1.29 is 14.6 Å². The fraction of sp³-hybridized carbons (Fsp3) is 0.333. The maximum Gasteiger partial charge on any atom is 0.330 e. The first-order valence-electron chi connectivity index (χ1n) is 5.87. The monoisotopic (exact) mass is 259 g/mol. The molecule has 1 rings (SSSR count). The number of carbonyl (C=O) groups is 1. The molecule has 19 heavy (non-hydrogen) atoms. The molecule has 0 atom stereocenters. The molecule has 0 aliphatic rings. The number of phenolic OH excluding ortho intramolecular Hbond substituents is 1. The van der Waals surface area contributed by atoms with Crippen molar-refractivity contribution in [3.63, 3.8) is 0 Å². The second kappa shape index (κ2) is 6.05. The molecule has 0 saturated carbocycles. The van der Waals surface area contributed by atoms with E-state index in [1.807, 2.05) is 13.8 Å². The Hall–Kier alpha value is -2.28. The Morgan fingerprint density at radius 3 is 2.79 bits per heavy atom. The van der Waals surface area contributed by atoms with Crippen LogP contribution in [-0.2, 0) is 14.9 Å². The number of rotatable bonds is 4. The number of aromatic hydroxyl groups is 1. The molecule has 0 aromatic heterocycles. The number of ether oxygens (including phenoxy) is 1. The number of hydrogen-bond donors (Lipinski definition) is 1. The third-order valence-corrected chi connectivity index (χ3v) is 2.88. The maximum atomic E-state index is 11.0. The molecule has 0 spiro atoms. The molecule has 0 unspecified atom stereocenters. The number of benzene rings is 1. The van der Waals surface area contributed by atoms with E-state index in [0.717, 1.165) is 5.56 Å². The van der Waals surface area contributed by atoms with Gasteiger partial charge in [0.2, 0.25) is 0 Å². The van der Waals surface area contributed by atoms with Crippen LogP contribution in [0, 0.1) is 11.3 Å². The zero-order valence-corrected chi connectivity index (χ0v) is 11.3. The van der Waals surface area contributed by atoms with Crippen LogP contribution >= 0.6 is 0 Å². The zero-order chi connectivity index (χ0) is 14.5. The third-order valence-electron chi connectivity index (χ3n) is 2.88. The minimum Gasteiger partial charge on any atom is -0.508 e. The lowest BCUT2D eigenvalue weighted by Crippen LogP contribution is -2.16. The Kier molecular flexibility index (Phi) is 4.71. The highest BCUT2D eigenvalue weighted by molar-refractivity contribution is 5.87. The van der Waals surface area contributed by atoms with Crippen LogP contribution in [0.1, 0.15) is 31.4 Å². The lowest BCUT2D eigenvalue weighted by Gasteiger charge is -2.23. The number of methoxy groups -OCH3 is 1. The summed E-state index contributed by atoms with van der Waals surface area (Å²) in [6.45, 7) is 3.78. The van der Waals surface area contributed by atoms with E-state index in [0.29, 0.717) is 12.0 Å². The summed E-state index contributed by atoms with van der Waals surface area (Å²) >= 11 is 0. The first-order valence-corrected chi connectivity index (χ1v) is 5.87. The van der Waals surface area contributed by atoms with Gasteiger partial charge in [0.05, 0.1) is 13.2 Å². The molecule has 0 aliphatic carbocycles. The van der Waals surface area contributed by atoms with E-state index in [2.05, 4.69) is 10.8 Å². The van der Waals surface area contributed by atoms with Gasteiger partial charge in [0.1, 0.15) is 5.75 Å². The first kappa shape index (κ1) is 14.8. The van der Waals surface area contributed by atoms with Gasteiger partial charge in [0.25, 0.3) is 0 Å². The molecule has 0 saturated heterocycles. The highest BCUT2D eigenvalue weighted by Gasteiger charge is 2.23. The molecular weight excluding hydrogens is 242 g/mol. The number of carbonyl (C=O) groups excluding carboxylic acids is 1. The minimum absolute atomic E-state index is 0.149. The standard InChI is InChI=1S/C15H17NO3/c1-15(2,8-9-16)12-10-11(4-6-13(12)17)5-7-14(18)19-3/h4-7,10,17H,8H2,1-3H3/b7-5+.